The van der Waals surface area contributed by atoms with E-state index in [2.05, 4.69) is 15.3 Å². The zero-order chi connectivity index (χ0) is 19.6. The van der Waals surface area contributed by atoms with E-state index in [-0.39, 0.29) is 23.5 Å². The summed E-state index contributed by atoms with van der Waals surface area (Å²) in [4.78, 5) is 8.85. The maximum atomic E-state index is 13.8. The number of benzene rings is 1. The van der Waals surface area contributed by atoms with Crippen LogP contribution in [0.15, 0.2) is 29.4 Å². The van der Waals surface area contributed by atoms with Gasteiger partial charge >= 0.3 is 0 Å². The van der Waals surface area contributed by atoms with Crippen LogP contribution in [0.4, 0.5) is 14.6 Å². The number of ether oxygens (including phenoxy) is 2. The molecule has 2 atom stereocenters. The number of aryl methyl sites for hydroxylation is 1. The average Bonchev–Trinajstić information content (AvgIpc) is 2.96. The summed E-state index contributed by atoms with van der Waals surface area (Å²) in [6, 6.07) is 5.98. The van der Waals surface area contributed by atoms with Crippen molar-refractivity contribution < 1.29 is 18.3 Å². The van der Waals surface area contributed by atoms with Gasteiger partial charge in [0.1, 0.15) is 11.9 Å². The van der Waals surface area contributed by atoms with E-state index in [0.29, 0.717) is 17.6 Å². The van der Waals surface area contributed by atoms with Gasteiger partial charge in [-0.1, -0.05) is 23.9 Å². The molecule has 27 heavy (non-hydrogen) atoms. The summed E-state index contributed by atoms with van der Waals surface area (Å²) in [6.07, 6.45) is -0.0900. The van der Waals surface area contributed by atoms with Gasteiger partial charge in [-0.2, -0.15) is 0 Å². The van der Waals surface area contributed by atoms with Crippen molar-refractivity contribution in [3.63, 3.8) is 0 Å². The van der Waals surface area contributed by atoms with Crippen molar-refractivity contribution in [2.45, 2.75) is 56.5 Å². The number of halogens is 2. The van der Waals surface area contributed by atoms with Gasteiger partial charge in [-0.15, -0.1) is 0 Å². The molecular formula is C19H23F2N3O2S. The van der Waals surface area contributed by atoms with Gasteiger partial charge in [-0.05, 0) is 33.8 Å². The van der Waals surface area contributed by atoms with Crippen LogP contribution in [0.25, 0.3) is 0 Å². The van der Waals surface area contributed by atoms with Crippen LogP contribution in [-0.4, -0.2) is 34.5 Å². The number of thioether (sulfide) groups is 1. The fourth-order valence-corrected chi connectivity index (χ4v) is 3.65. The van der Waals surface area contributed by atoms with Gasteiger partial charge in [0.05, 0.1) is 12.6 Å². The van der Waals surface area contributed by atoms with Crippen molar-refractivity contribution >= 4 is 17.6 Å². The van der Waals surface area contributed by atoms with E-state index in [0.717, 1.165) is 11.8 Å². The summed E-state index contributed by atoms with van der Waals surface area (Å²) in [5, 5.41) is 3.82. The van der Waals surface area contributed by atoms with Gasteiger partial charge in [0.15, 0.2) is 22.6 Å². The molecule has 1 saturated heterocycles. The molecule has 0 saturated carbocycles. The van der Waals surface area contributed by atoms with Crippen molar-refractivity contribution in [3.8, 4) is 0 Å². The molecular weight excluding hydrogens is 372 g/mol. The van der Waals surface area contributed by atoms with Crippen LogP contribution >= 0.6 is 11.8 Å². The maximum absolute atomic E-state index is 13.8. The first kappa shape index (κ1) is 20.0. The van der Waals surface area contributed by atoms with Gasteiger partial charge < -0.3 is 14.8 Å². The lowest BCUT2D eigenvalue weighted by Crippen LogP contribution is -2.34. The molecule has 1 aliphatic rings. The SMILES string of the molecule is Cc1cc(NC(C)C2COC(C)(C)O2)nc(SCc2cccc(F)c2F)n1. The third-order valence-corrected chi connectivity index (χ3v) is 5.08. The van der Waals surface area contributed by atoms with Gasteiger partial charge in [-0.3, -0.25) is 0 Å². The number of hydrogen-bond acceptors (Lipinski definition) is 6. The molecule has 0 amide bonds. The Morgan fingerprint density at radius 3 is 2.81 bits per heavy atom. The fourth-order valence-electron chi connectivity index (χ4n) is 2.77. The van der Waals surface area contributed by atoms with Crippen LogP contribution in [-0.2, 0) is 15.2 Å². The largest absolute Gasteiger partial charge is 0.365 e. The number of rotatable bonds is 6. The Morgan fingerprint density at radius 1 is 1.33 bits per heavy atom. The van der Waals surface area contributed by atoms with E-state index < -0.39 is 17.4 Å². The zero-order valence-electron chi connectivity index (χ0n) is 15.8. The molecule has 1 aromatic heterocycles. The second kappa shape index (κ2) is 8.08. The van der Waals surface area contributed by atoms with Crippen molar-refractivity contribution in [1.29, 1.82) is 0 Å². The van der Waals surface area contributed by atoms with Crippen LogP contribution in [0.3, 0.4) is 0 Å². The van der Waals surface area contributed by atoms with Gasteiger partial charge in [0.2, 0.25) is 0 Å². The number of hydrogen-bond donors (Lipinski definition) is 1. The minimum atomic E-state index is -0.851. The molecule has 8 heteroatoms. The van der Waals surface area contributed by atoms with Crippen LogP contribution in [0.1, 0.15) is 32.0 Å². The van der Waals surface area contributed by atoms with Crippen LogP contribution < -0.4 is 5.32 Å². The molecule has 1 aromatic carbocycles. The molecule has 146 valence electrons. The molecule has 1 aliphatic heterocycles. The van der Waals surface area contributed by atoms with Crippen molar-refractivity contribution in [1.82, 2.24) is 9.97 Å². The second-order valence-electron chi connectivity index (χ2n) is 6.98. The predicted molar refractivity (Wildman–Crippen MR) is 101 cm³/mol. The van der Waals surface area contributed by atoms with Crippen molar-refractivity contribution in [3.05, 3.63) is 47.2 Å². The molecule has 0 aliphatic carbocycles. The zero-order valence-corrected chi connectivity index (χ0v) is 16.6. The van der Waals surface area contributed by atoms with Gasteiger partial charge in [-0.25, -0.2) is 18.7 Å². The highest BCUT2D eigenvalue weighted by molar-refractivity contribution is 7.98. The smallest absolute Gasteiger partial charge is 0.190 e. The summed E-state index contributed by atoms with van der Waals surface area (Å²) in [5.74, 6) is -1.36. The third-order valence-electron chi connectivity index (χ3n) is 4.19. The highest BCUT2D eigenvalue weighted by Crippen LogP contribution is 2.27. The minimum Gasteiger partial charge on any atom is -0.365 e. The quantitative estimate of drug-likeness (QED) is 0.581. The lowest BCUT2D eigenvalue weighted by molar-refractivity contribution is -0.139. The van der Waals surface area contributed by atoms with Crippen molar-refractivity contribution in [2.24, 2.45) is 0 Å². The fraction of sp³-hybridized carbons (Fsp3) is 0.474. The molecule has 1 fully saturated rings. The molecule has 2 unspecified atom stereocenters. The van der Waals surface area contributed by atoms with Gasteiger partial charge in [0.25, 0.3) is 0 Å². The predicted octanol–water partition coefficient (Wildman–Crippen LogP) is 4.31. The topological polar surface area (TPSA) is 56.3 Å². The molecule has 0 radical (unpaired) electrons. The van der Waals surface area contributed by atoms with Crippen LogP contribution in [0.2, 0.25) is 0 Å². The van der Waals surface area contributed by atoms with E-state index >= 15 is 0 Å². The lowest BCUT2D eigenvalue weighted by atomic mass is 10.2. The Kier molecular flexibility index (Phi) is 5.98. The maximum Gasteiger partial charge on any atom is 0.190 e. The molecule has 0 spiro atoms. The summed E-state index contributed by atoms with van der Waals surface area (Å²) in [5.41, 5.74) is 1.07. The first-order valence-corrected chi connectivity index (χ1v) is 9.72. The van der Waals surface area contributed by atoms with Crippen LogP contribution in [0.5, 0.6) is 0 Å². The van der Waals surface area contributed by atoms with Crippen LogP contribution in [0, 0.1) is 18.6 Å². The van der Waals surface area contributed by atoms with Gasteiger partial charge in [0, 0.05) is 23.1 Å². The van der Waals surface area contributed by atoms with E-state index in [1.165, 1.54) is 17.8 Å². The Labute approximate surface area is 161 Å². The third kappa shape index (κ3) is 5.15. The Morgan fingerprint density at radius 2 is 2.11 bits per heavy atom. The number of nitrogens with zero attached hydrogens (tertiary/aromatic N) is 2. The summed E-state index contributed by atoms with van der Waals surface area (Å²) < 4.78 is 38.6. The number of anilines is 1. The molecule has 0 bridgehead atoms. The van der Waals surface area contributed by atoms with E-state index in [9.17, 15) is 8.78 Å². The molecule has 1 N–H and O–H groups in total. The first-order chi connectivity index (χ1) is 12.7. The normalized spacial score (nSPS) is 19.9. The Bertz CT molecular complexity index is 820. The standard InChI is InChI=1S/C19H23F2N3O2S/c1-11-8-16(23-12(2)15-9-25-19(3,4)26-15)24-18(22-11)27-10-13-6-5-7-14(20)17(13)21/h5-8,12,15H,9-10H2,1-4H3,(H,22,23,24). The summed E-state index contributed by atoms with van der Waals surface area (Å²) >= 11 is 1.26. The molecule has 5 nitrogen and oxygen atoms in total. The molecule has 3 rings (SSSR count). The average molecular weight is 395 g/mol. The van der Waals surface area contributed by atoms with E-state index in [4.69, 9.17) is 9.47 Å². The highest BCUT2D eigenvalue weighted by Gasteiger charge is 2.35. The Balaban J connectivity index is 1.66. The summed E-state index contributed by atoms with van der Waals surface area (Å²) in [7, 11) is 0. The number of aromatic nitrogens is 2. The minimum absolute atomic E-state index is 0.0143. The second-order valence-corrected chi connectivity index (χ2v) is 7.92. The summed E-state index contributed by atoms with van der Waals surface area (Å²) in [6.45, 7) is 8.14. The molecule has 2 heterocycles. The van der Waals surface area contributed by atoms with Crippen molar-refractivity contribution in [2.75, 3.05) is 11.9 Å². The van der Waals surface area contributed by atoms with E-state index in [1.54, 1.807) is 6.07 Å². The first-order valence-electron chi connectivity index (χ1n) is 8.73. The number of nitrogens with one attached hydrogen (secondary N) is 1. The Hall–Kier alpha value is -1.77. The van der Waals surface area contributed by atoms with E-state index in [1.807, 2.05) is 33.8 Å². The highest BCUT2D eigenvalue weighted by atomic mass is 32.2. The monoisotopic (exact) mass is 395 g/mol. The molecule has 2 aromatic rings. The lowest BCUT2D eigenvalue weighted by Gasteiger charge is -2.22.